The molecule has 0 amide bonds. The highest BCUT2D eigenvalue weighted by Crippen LogP contribution is 2.41. The summed E-state index contributed by atoms with van der Waals surface area (Å²) in [6, 6.07) is 14.2. The molecule has 152 valence electrons. The van der Waals surface area contributed by atoms with Gasteiger partial charge in [0.15, 0.2) is 5.78 Å². The summed E-state index contributed by atoms with van der Waals surface area (Å²) in [5, 5.41) is 8.40. The molecular weight excluding hydrogens is 405 g/mol. The number of hydrogen-bond acceptors (Lipinski definition) is 4. The maximum absolute atomic E-state index is 13.7. The number of hydrogen-bond donors (Lipinski definition) is 2. The van der Waals surface area contributed by atoms with Gasteiger partial charge in [-0.05, 0) is 68.0 Å². The summed E-state index contributed by atoms with van der Waals surface area (Å²) in [5.74, 6) is 0.266. The quantitative estimate of drug-likeness (QED) is 0.674. The lowest BCUT2D eigenvalue weighted by molar-refractivity contribution is -0.129. The first-order valence-corrected chi connectivity index (χ1v) is 11.2. The fourth-order valence-corrected chi connectivity index (χ4v) is 4.95. The molecule has 29 heavy (non-hydrogen) atoms. The summed E-state index contributed by atoms with van der Waals surface area (Å²) in [6.45, 7) is 1.28. The van der Waals surface area contributed by atoms with E-state index < -0.39 is 5.54 Å². The Morgan fingerprint density at radius 3 is 2.69 bits per heavy atom. The van der Waals surface area contributed by atoms with Gasteiger partial charge >= 0.3 is 0 Å². The number of benzene rings is 2. The van der Waals surface area contributed by atoms with Crippen molar-refractivity contribution in [3.05, 3.63) is 58.1 Å². The summed E-state index contributed by atoms with van der Waals surface area (Å²) >= 11 is 12.5. The van der Waals surface area contributed by atoms with Crippen LogP contribution in [0.3, 0.4) is 0 Å². The van der Waals surface area contributed by atoms with Gasteiger partial charge in [0, 0.05) is 29.2 Å². The normalized spacial score (nSPS) is 22.4. The molecule has 0 spiro atoms. The molecule has 1 heterocycles. The van der Waals surface area contributed by atoms with Crippen LogP contribution in [0, 0.1) is 0 Å². The molecule has 1 atom stereocenters. The molecular formula is C23H25Cl2N3O. The summed E-state index contributed by atoms with van der Waals surface area (Å²) in [5.41, 5.74) is 2.74. The number of nitrogens with zero attached hydrogens (tertiary/aromatic N) is 1. The van der Waals surface area contributed by atoms with Crippen molar-refractivity contribution in [2.75, 3.05) is 16.8 Å². The molecule has 2 N–H and O–H groups in total. The summed E-state index contributed by atoms with van der Waals surface area (Å²) < 4.78 is 0. The Kier molecular flexibility index (Phi) is 4.97. The van der Waals surface area contributed by atoms with Crippen LogP contribution in [0.25, 0.3) is 0 Å². The number of Topliss-reactive ketones (excluding diaryl/α,β-unsaturated/α-hetero) is 1. The van der Waals surface area contributed by atoms with Crippen molar-refractivity contribution in [2.24, 2.45) is 0 Å². The SMILES string of the molecule is O=C(C1CN(C2CC2)c2ccccc2N1)C1(NCc2cc(Cl)ccc2Cl)CCC1. The average molecular weight is 430 g/mol. The Balaban J connectivity index is 1.35. The van der Waals surface area contributed by atoms with Crippen LogP contribution in [-0.2, 0) is 11.3 Å². The monoisotopic (exact) mass is 429 g/mol. The Morgan fingerprint density at radius 2 is 1.97 bits per heavy atom. The van der Waals surface area contributed by atoms with Gasteiger partial charge in [0.25, 0.3) is 0 Å². The van der Waals surface area contributed by atoms with Gasteiger partial charge in [-0.2, -0.15) is 0 Å². The van der Waals surface area contributed by atoms with Crippen molar-refractivity contribution < 1.29 is 4.79 Å². The second-order valence-corrected chi connectivity index (χ2v) is 9.33. The Bertz CT molecular complexity index is 939. The predicted octanol–water partition coefficient (Wildman–Crippen LogP) is 5.04. The molecule has 6 heteroatoms. The van der Waals surface area contributed by atoms with Crippen molar-refractivity contribution in [1.29, 1.82) is 0 Å². The van der Waals surface area contributed by atoms with E-state index in [-0.39, 0.29) is 11.8 Å². The third kappa shape index (κ3) is 3.63. The maximum atomic E-state index is 13.7. The fourth-order valence-electron chi connectivity index (χ4n) is 4.57. The summed E-state index contributed by atoms with van der Waals surface area (Å²) in [4.78, 5) is 16.1. The maximum Gasteiger partial charge on any atom is 0.176 e. The Labute approximate surface area is 181 Å². The van der Waals surface area contributed by atoms with Crippen LogP contribution >= 0.6 is 23.2 Å². The summed E-state index contributed by atoms with van der Waals surface area (Å²) in [6.07, 6.45) is 5.23. The largest absolute Gasteiger partial charge is 0.372 e. The Hall–Kier alpha value is -1.75. The van der Waals surface area contributed by atoms with Gasteiger partial charge in [0.05, 0.1) is 16.9 Å². The van der Waals surface area contributed by atoms with Gasteiger partial charge < -0.3 is 15.5 Å². The predicted molar refractivity (Wildman–Crippen MR) is 119 cm³/mol. The first-order valence-electron chi connectivity index (χ1n) is 10.4. The molecule has 1 unspecified atom stereocenters. The number of rotatable bonds is 6. The number of fused-ring (bicyclic) bond motifs is 1. The fraction of sp³-hybridized carbons (Fsp3) is 0.435. The first kappa shape index (κ1) is 19.2. The molecule has 0 bridgehead atoms. The smallest absolute Gasteiger partial charge is 0.176 e. The van der Waals surface area contributed by atoms with Gasteiger partial charge in [-0.3, -0.25) is 4.79 Å². The van der Waals surface area contributed by atoms with Gasteiger partial charge in [-0.25, -0.2) is 0 Å². The second kappa shape index (κ2) is 7.50. The van der Waals surface area contributed by atoms with E-state index in [1.165, 1.54) is 18.5 Å². The molecule has 0 radical (unpaired) electrons. The molecule has 3 aliphatic rings. The highest BCUT2D eigenvalue weighted by molar-refractivity contribution is 6.33. The molecule has 2 aromatic carbocycles. The van der Waals surface area contributed by atoms with E-state index in [0.717, 1.165) is 37.1 Å². The molecule has 5 rings (SSSR count). The van der Waals surface area contributed by atoms with Crippen LogP contribution in [0.1, 0.15) is 37.7 Å². The number of halogens is 2. The molecule has 0 saturated heterocycles. The zero-order chi connectivity index (χ0) is 20.0. The van der Waals surface area contributed by atoms with Gasteiger partial charge in [-0.1, -0.05) is 35.3 Å². The third-order valence-electron chi connectivity index (χ3n) is 6.53. The van der Waals surface area contributed by atoms with E-state index in [4.69, 9.17) is 23.2 Å². The van der Waals surface area contributed by atoms with E-state index in [1.807, 2.05) is 18.2 Å². The lowest BCUT2D eigenvalue weighted by atomic mass is 9.71. The Morgan fingerprint density at radius 1 is 1.17 bits per heavy atom. The standard InChI is InChI=1S/C23H25Cl2N3O/c24-16-6-9-18(25)15(12-16)13-26-23(10-3-11-23)22(29)20-14-28(17-7-8-17)21-5-2-1-4-19(21)27-20/h1-2,4-6,9,12,17,20,26-27H,3,7-8,10-11,13-14H2. The van der Waals surface area contributed by atoms with Crippen LogP contribution in [0.2, 0.25) is 10.0 Å². The van der Waals surface area contributed by atoms with Gasteiger partial charge in [0.2, 0.25) is 0 Å². The van der Waals surface area contributed by atoms with Gasteiger partial charge in [-0.15, -0.1) is 0 Å². The van der Waals surface area contributed by atoms with Crippen LogP contribution in [0.15, 0.2) is 42.5 Å². The van der Waals surface area contributed by atoms with Gasteiger partial charge in [0.1, 0.15) is 6.04 Å². The first-order chi connectivity index (χ1) is 14.1. The van der Waals surface area contributed by atoms with Crippen molar-refractivity contribution in [3.63, 3.8) is 0 Å². The number of carbonyl (C=O) groups excluding carboxylic acids is 1. The average Bonchev–Trinajstić information content (AvgIpc) is 3.54. The zero-order valence-electron chi connectivity index (χ0n) is 16.3. The van der Waals surface area contributed by atoms with Crippen molar-refractivity contribution >= 4 is 40.4 Å². The van der Waals surface area contributed by atoms with E-state index in [0.29, 0.717) is 22.6 Å². The van der Waals surface area contributed by atoms with E-state index in [2.05, 4.69) is 33.7 Å². The molecule has 0 aromatic heterocycles. The zero-order valence-corrected chi connectivity index (χ0v) is 17.8. The lowest BCUT2D eigenvalue weighted by Crippen LogP contribution is -2.63. The molecule has 1 aliphatic heterocycles. The highest BCUT2D eigenvalue weighted by atomic mass is 35.5. The second-order valence-electron chi connectivity index (χ2n) is 8.49. The number of anilines is 2. The molecule has 2 aromatic rings. The van der Waals surface area contributed by atoms with Crippen molar-refractivity contribution in [1.82, 2.24) is 5.32 Å². The van der Waals surface area contributed by atoms with Crippen LogP contribution in [0.4, 0.5) is 11.4 Å². The van der Waals surface area contributed by atoms with Crippen LogP contribution < -0.4 is 15.5 Å². The molecule has 2 fully saturated rings. The topological polar surface area (TPSA) is 44.4 Å². The van der Waals surface area contributed by atoms with E-state index in [9.17, 15) is 4.79 Å². The minimum Gasteiger partial charge on any atom is -0.372 e. The third-order valence-corrected chi connectivity index (χ3v) is 7.13. The van der Waals surface area contributed by atoms with Crippen molar-refractivity contribution in [2.45, 2.75) is 56.3 Å². The molecule has 2 aliphatic carbocycles. The number of carbonyl (C=O) groups is 1. The van der Waals surface area contributed by atoms with Crippen LogP contribution in [-0.4, -0.2) is 30.0 Å². The number of nitrogens with one attached hydrogen (secondary N) is 2. The molecule has 2 saturated carbocycles. The van der Waals surface area contributed by atoms with E-state index >= 15 is 0 Å². The molecule has 4 nitrogen and oxygen atoms in total. The summed E-state index contributed by atoms with van der Waals surface area (Å²) in [7, 11) is 0. The minimum atomic E-state index is -0.481. The lowest BCUT2D eigenvalue weighted by Gasteiger charge is -2.46. The van der Waals surface area contributed by atoms with Crippen LogP contribution in [0.5, 0.6) is 0 Å². The minimum absolute atomic E-state index is 0.201. The number of para-hydroxylation sites is 2. The highest BCUT2D eigenvalue weighted by Gasteiger charge is 2.48. The van der Waals surface area contributed by atoms with E-state index in [1.54, 1.807) is 6.07 Å². The number of ketones is 1. The van der Waals surface area contributed by atoms with Crippen molar-refractivity contribution in [3.8, 4) is 0 Å².